The quantitative estimate of drug-likeness (QED) is 0.756. The second-order valence-corrected chi connectivity index (χ2v) is 4.33. The van der Waals surface area contributed by atoms with E-state index in [1.807, 2.05) is 0 Å². The molecule has 90 valence electrons. The van der Waals surface area contributed by atoms with E-state index in [2.05, 4.69) is 11.8 Å². The lowest BCUT2D eigenvalue weighted by molar-refractivity contribution is 0.110. The number of hydrogen-bond acceptors (Lipinski definition) is 2. The molecule has 0 amide bonds. The highest BCUT2D eigenvalue weighted by Crippen LogP contribution is 2.29. The third-order valence-electron chi connectivity index (χ3n) is 3.02. The Balaban J connectivity index is 2.29. The van der Waals surface area contributed by atoms with Gasteiger partial charge in [-0.3, -0.25) is 0 Å². The smallest absolute Gasteiger partial charge is 0.134 e. The van der Waals surface area contributed by atoms with E-state index in [1.165, 1.54) is 25.3 Å². The van der Waals surface area contributed by atoms with Crippen LogP contribution >= 0.6 is 0 Å². The highest BCUT2D eigenvalue weighted by Gasteiger charge is 2.28. The number of aliphatic hydroxyl groups is 1. The lowest BCUT2D eigenvalue weighted by Crippen LogP contribution is -2.20. The van der Waals surface area contributed by atoms with Gasteiger partial charge in [-0.15, -0.1) is 0 Å². The molecule has 0 atom stereocenters. The Morgan fingerprint density at radius 3 is 2.71 bits per heavy atom. The van der Waals surface area contributed by atoms with Crippen LogP contribution in [0.15, 0.2) is 18.2 Å². The second-order valence-electron chi connectivity index (χ2n) is 4.33. The topological polar surface area (TPSA) is 29.5 Å². The van der Waals surface area contributed by atoms with E-state index < -0.39 is 5.60 Å². The van der Waals surface area contributed by atoms with Gasteiger partial charge in [-0.25, -0.2) is 4.39 Å². The van der Waals surface area contributed by atoms with Crippen molar-refractivity contribution in [3.05, 3.63) is 29.6 Å². The average molecular weight is 234 g/mol. The molecule has 0 aromatic heterocycles. The molecular weight excluding hydrogens is 219 g/mol. The number of ether oxygens (including phenoxy) is 1. The molecule has 1 aromatic carbocycles. The van der Waals surface area contributed by atoms with Gasteiger partial charge in [0.15, 0.2) is 0 Å². The minimum absolute atomic E-state index is 0.353. The Labute approximate surface area is 100 Å². The predicted octanol–water partition coefficient (Wildman–Crippen LogP) is 2.49. The van der Waals surface area contributed by atoms with Gasteiger partial charge in [-0.2, -0.15) is 0 Å². The Bertz CT molecular complexity index is 465. The molecule has 2 rings (SSSR count). The Morgan fingerprint density at radius 1 is 1.35 bits per heavy atom. The van der Waals surface area contributed by atoms with Crippen LogP contribution in [-0.4, -0.2) is 17.8 Å². The van der Waals surface area contributed by atoms with Gasteiger partial charge in [0.05, 0.1) is 12.7 Å². The van der Waals surface area contributed by atoms with Crippen LogP contribution in [0.1, 0.15) is 31.2 Å². The van der Waals surface area contributed by atoms with Crippen LogP contribution < -0.4 is 4.74 Å². The molecule has 0 bridgehead atoms. The van der Waals surface area contributed by atoms with E-state index in [-0.39, 0.29) is 5.82 Å². The summed E-state index contributed by atoms with van der Waals surface area (Å²) in [6.07, 6.45) is 3.37. The van der Waals surface area contributed by atoms with Gasteiger partial charge in [0.25, 0.3) is 0 Å². The molecule has 0 aliphatic heterocycles. The van der Waals surface area contributed by atoms with Gasteiger partial charge in [-0.05, 0) is 43.9 Å². The number of halogens is 1. The third-order valence-corrected chi connectivity index (χ3v) is 3.02. The van der Waals surface area contributed by atoms with E-state index in [1.54, 1.807) is 0 Å². The van der Waals surface area contributed by atoms with Crippen LogP contribution in [0.2, 0.25) is 0 Å². The first-order valence-electron chi connectivity index (χ1n) is 5.72. The van der Waals surface area contributed by atoms with Gasteiger partial charge >= 0.3 is 0 Å². The Hall–Kier alpha value is -1.53. The molecule has 0 radical (unpaired) electrons. The highest BCUT2D eigenvalue weighted by molar-refractivity contribution is 5.47. The molecule has 1 aliphatic rings. The zero-order chi connectivity index (χ0) is 12.3. The van der Waals surface area contributed by atoms with Crippen LogP contribution in [0, 0.1) is 17.7 Å². The molecule has 1 fully saturated rings. The fraction of sp³-hybridized carbons (Fsp3) is 0.429. The summed E-state index contributed by atoms with van der Waals surface area (Å²) in [4.78, 5) is 0. The van der Waals surface area contributed by atoms with Crippen LogP contribution in [0.5, 0.6) is 5.75 Å². The number of methoxy groups -OCH3 is 1. The lowest BCUT2D eigenvalue weighted by atomic mass is 10.0. The maximum Gasteiger partial charge on any atom is 0.134 e. The zero-order valence-electron chi connectivity index (χ0n) is 9.79. The van der Waals surface area contributed by atoms with E-state index in [0.717, 1.165) is 12.8 Å². The molecule has 17 heavy (non-hydrogen) atoms. The molecule has 0 unspecified atom stereocenters. The first-order valence-corrected chi connectivity index (χ1v) is 5.72. The normalized spacial score (nSPS) is 17.4. The summed E-state index contributed by atoms with van der Waals surface area (Å²) in [6.45, 7) is 0. The molecule has 1 N–H and O–H groups in total. The van der Waals surface area contributed by atoms with Crippen molar-refractivity contribution < 1.29 is 14.2 Å². The minimum Gasteiger partial charge on any atom is -0.495 e. The monoisotopic (exact) mass is 234 g/mol. The van der Waals surface area contributed by atoms with Crippen molar-refractivity contribution in [3.63, 3.8) is 0 Å². The molecule has 0 saturated heterocycles. The maximum absolute atomic E-state index is 13.1. The summed E-state index contributed by atoms with van der Waals surface area (Å²) >= 11 is 0. The third kappa shape index (κ3) is 2.78. The van der Waals surface area contributed by atoms with Crippen molar-refractivity contribution >= 4 is 0 Å². The van der Waals surface area contributed by atoms with Crippen LogP contribution in [0.3, 0.4) is 0 Å². The van der Waals surface area contributed by atoms with Gasteiger partial charge in [0.1, 0.15) is 17.2 Å². The van der Waals surface area contributed by atoms with E-state index in [9.17, 15) is 9.50 Å². The molecule has 0 heterocycles. The van der Waals surface area contributed by atoms with Gasteiger partial charge < -0.3 is 9.84 Å². The Kier molecular flexibility index (Phi) is 3.35. The highest BCUT2D eigenvalue weighted by atomic mass is 19.1. The molecule has 1 aliphatic carbocycles. The van der Waals surface area contributed by atoms with Crippen molar-refractivity contribution in [1.82, 2.24) is 0 Å². The standard InChI is InChI=1S/C14H15FO2/c1-17-13-5-4-12(15)10-11(13)6-9-14(16)7-2-3-8-14/h4-5,10,16H,2-3,7-8H2,1H3. The molecular formula is C14H15FO2. The molecule has 0 spiro atoms. The van der Waals surface area contributed by atoms with Crippen LogP contribution in [-0.2, 0) is 0 Å². The number of rotatable bonds is 1. The first-order chi connectivity index (χ1) is 8.13. The molecule has 3 heteroatoms. The number of hydrogen-bond donors (Lipinski definition) is 1. The Morgan fingerprint density at radius 2 is 2.06 bits per heavy atom. The van der Waals surface area contributed by atoms with Crippen LogP contribution in [0.25, 0.3) is 0 Å². The SMILES string of the molecule is COc1ccc(F)cc1C#CC1(O)CCCC1. The van der Waals surface area contributed by atoms with Crippen LogP contribution in [0.4, 0.5) is 4.39 Å². The van der Waals surface area contributed by atoms with E-state index in [0.29, 0.717) is 24.2 Å². The van der Waals surface area contributed by atoms with Gasteiger partial charge in [0, 0.05) is 0 Å². The lowest BCUT2D eigenvalue weighted by Gasteiger charge is -2.13. The summed E-state index contributed by atoms with van der Waals surface area (Å²) < 4.78 is 18.2. The first kappa shape index (κ1) is 11.9. The number of benzene rings is 1. The van der Waals surface area contributed by atoms with Crippen molar-refractivity contribution in [2.45, 2.75) is 31.3 Å². The van der Waals surface area contributed by atoms with Gasteiger partial charge in [-0.1, -0.05) is 11.8 Å². The average Bonchev–Trinajstić information content (AvgIpc) is 2.74. The van der Waals surface area contributed by atoms with Crippen molar-refractivity contribution in [2.75, 3.05) is 7.11 Å². The summed E-state index contributed by atoms with van der Waals surface area (Å²) in [6, 6.07) is 4.19. The van der Waals surface area contributed by atoms with E-state index in [4.69, 9.17) is 4.74 Å². The van der Waals surface area contributed by atoms with E-state index >= 15 is 0 Å². The van der Waals surface area contributed by atoms with Crippen molar-refractivity contribution in [2.24, 2.45) is 0 Å². The van der Waals surface area contributed by atoms with Crippen molar-refractivity contribution in [3.8, 4) is 17.6 Å². The molecule has 1 saturated carbocycles. The fourth-order valence-corrected chi connectivity index (χ4v) is 2.05. The zero-order valence-corrected chi connectivity index (χ0v) is 9.79. The minimum atomic E-state index is -0.905. The molecule has 1 aromatic rings. The predicted molar refractivity (Wildman–Crippen MR) is 63.2 cm³/mol. The summed E-state index contributed by atoms with van der Waals surface area (Å²) in [5, 5.41) is 10.1. The second kappa shape index (κ2) is 4.77. The largest absolute Gasteiger partial charge is 0.495 e. The fourth-order valence-electron chi connectivity index (χ4n) is 2.05. The summed E-state index contributed by atoms with van der Waals surface area (Å²) in [7, 11) is 1.52. The molecule has 2 nitrogen and oxygen atoms in total. The van der Waals surface area contributed by atoms with Gasteiger partial charge in [0.2, 0.25) is 0 Å². The maximum atomic E-state index is 13.1. The van der Waals surface area contributed by atoms with Crippen molar-refractivity contribution in [1.29, 1.82) is 0 Å². The summed E-state index contributed by atoms with van der Waals surface area (Å²) in [5.74, 6) is 5.83. The summed E-state index contributed by atoms with van der Waals surface area (Å²) in [5.41, 5.74) is -0.426.